The van der Waals surface area contributed by atoms with Gasteiger partial charge in [0.1, 0.15) is 11.6 Å². The van der Waals surface area contributed by atoms with E-state index in [9.17, 15) is 8.78 Å². The quantitative estimate of drug-likeness (QED) is 0.688. The summed E-state index contributed by atoms with van der Waals surface area (Å²) in [6, 6.07) is 2.82. The topological polar surface area (TPSA) is 0 Å². The Kier molecular flexibility index (Phi) is 4.70. The van der Waals surface area contributed by atoms with Gasteiger partial charge in [0, 0.05) is 10.4 Å². The Balaban J connectivity index is 2.80. The first kappa shape index (κ1) is 14.6. The predicted molar refractivity (Wildman–Crippen MR) is 71.6 cm³/mol. The van der Waals surface area contributed by atoms with Gasteiger partial charge in [-0.15, -0.1) is 0 Å². The molecule has 1 atom stereocenters. The van der Waals surface area contributed by atoms with Crippen LogP contribution in [-0.2, 0) is 6.42 Å². The van der Waals surface area contributed by atoms with Gasteiger partial charge < -0.3 is 0 Å². The van der Waals surface area contributed by atoms with Crippen molar-refractivity contribution in [2.45, 2.75) is 45.4 Å². The number of rotatable bonds is 3. The lowest BCUT2D eigenvalue weighted by Gasteiger charge is -2.25. The van der Waals surface area contributed by atoms with Crippen LogP contribution in [0.3, 0.4) is 0 Å². The minimum Gasteiger partial charge on any atom is -0.207 e. The second-order valence-electron chi connectivity index (χ2n) is 5.53. The number of aryl methyl sites for hydroxylation is 1. The fraction of sp³-hybridized carbons (Fsp3) is 0.571. The van der Waals surface area contributed by atoms with E-state index in [1.165, 1.54) is 12.1 Å². The molecule has 3 heteroatoms. The third-order valence-electron chi connectivity index (χ3n) is 2.97. The van der Waals surface area contributed by atoms with Crippen LogP contribution in [0.15, 0.2) is 12.1 Å². The third kappa shape index (κ3) is 3.77. The van der Waals surface area contributed by atoms with Gasteiger partial charge in [0.2, 0.25) is 0 Å². The molecule has 96 valence electrons. The van der Waals surface area contributed by atoms with Crippen LogP contribution in [0.2, 0.25) is 0 Å². The lowest BCUT2D eigenvalue weighted by molar-refractivity contribution is 0.382. The second kappa shape index (κ2) is 5.47. The van der Waals surface area contributed by atoms with E-state index in [0.29, 0.717) is 12.0 Å². The SMILES string of the molecule is Cc1ccc(F)c(CCC(Br)C(C)(C)C)c1F. The Morgan fingerprint density at radius 2 is 1.82 bits per heavy atom. The van der Waals surface area contributed by atoms with Gasteiger partial charge in [-0.1, -0.05) is 42.8 Å². The Labute approximate surface area is 111 Å². The van der Waals surface area contributed by atoms with Crippen LogP contribution < -0.4 is 0 Å². The monoisotopic (exact) mass is 304 g/mol. The summed E-state index contributed by atoms with van der Waals surface area (Å²) in [5.41, 5.74) is 0.804. The molecule has 1 aromatic carbocycles. The maximum atomic E-state index is 13.8. The molecule has 1 unspecified atom stereocenters. The number of alkyl halides is 1. The molecule has 0 aliphatic heterocycles. The second-order valence-corrected chi connectivity index (χ2v) is 6.63. The van der Waals surface area contributed by atoms with Crippen LogP contribution >= 0.6 is 15.9 Å². The molecule has 1 aromatic rings. The summed E-state index contributed by atoms with van der Waals surface area (Å²) in [5.74, 6) is -0.847. The highest BCUT2D eigenvalue weighted by molar-refractivity contribution is 9.09. The largest absolute Gasteiger partial charge is 0.207 e. The standard InChI is InChI=1S/C14H19BrF2/c1-9-5-7-11(16)10(13(9)17)6-8-12(15)14(2,3)4/h5,7,12H,6,8H2,1-4H3. The lowest BCUT2D eigenvalue weighted by Crippen LogP contribution is -2.21. The molecule has 0 amide bonds. The molecular weight excluding hydrogens is 286 g/mol. The summed E-state index contributed by atoms with van der Waals surface area (Å²) in [5, 5.41) is 0. The molecule has 0 aliphatic carbocycles. The van der Waals surface area contributed by atoms with Crippen LogP contribution in [0.25, 0.3) is 0 Å². The minimum absolute atomic E-state index is 0.0940. The van der Waals surface area contributed by atoms with Crippen molar-refractivity contribution in [2.24, 2.45) is 5.41 Å². The fourth-order valence-electron chi connectivity index (χ4n) is 1.65. The van der Waals surface area contributed by atoms with Crippen molar-refractivity contribution in [3.8, 4) is 0 Å². The van der Waals surface area contributed by atoms with E-state index < -0.39 is 11.6 Å². The van der Waals surface area contributed by atoms with Gasteiger partial charge in [-0.25, -0.2) is 8.78 Å². The van der Waals surface area contributed by atoms with E-state index >= 15 is 0 Å². The van der Waals surface area contributed by atoms with E-state index in [2.05, 4.69) is 36.7 Å². The minimum atomic E-state index is -0.443. The highest BCUT2D eigenvalue weighted by Gasteiger charge is 2.22. The van der Waals surface area contributed by atoms with E-state index in [4.69, 9.17) is 0 Å². The molecule has 0 heterocycles. The molecule has 0 radical (unpaired) electrons. The van der Waals surface area contributed by atoms with Gasteiger partial charge in [0.05, 0.1) is 0 Å². The predicted octanol–water partition coefficient (Wildman–Crippen LogP) is 5.02. The lowest BCUT2D eigenvalue weighted by atomic mass is 9.88. The Hall–Kier alpha value is -0.440. The summed E-state index contributed by atoms with van der Waals surface area (Å²) in [4.78, 5) is 0.245. The van der Waals surface area contributed by atoms with Crippen molar-refractivity contribution >= 4 is 15.9 Å². The molecule has 1 rings (SSSR count). The maximum Gasteiger partial charge on any atom is 0.132 e. The van der Waals surface area contributed by atoms with Gasteiger partial charge in [0.15, 0.2) is 0 Å². The molecule has 0 nitrogen and oxygen atoms in total. The van der Waals surface area contributed by atoms with Crippen molar-refractivity contribution in [3.05, 3.63) is 34.9 Å². The highest BCUT2D eigenvalue weighted by atomic mass is 79.9. The maximum absolute atomic E-state index is 13.8. The molecule has 0 fully saturated rings. The molecule has 0 aliphatic rings. The molecule has 0 N–H and O–H groups in total. The first-order valence-corrected chi connectivity index (χ1v) is 6.72. The van der Waals surface area contributed by atoms with Crippen LogP contribution in [-0.4, -0.2) is 4.83 Å². The summed E-state index contributed by atoms with van der Waals surface area (Å²) in [6.07, 6.45) is 1.15. The van der Waals surface area contributed by atoms with Crippen LogP contribution in [0.1, 0.15) is 38.3 Å². The normalized spacial score (nSPS) is 13.8. The molecule has 0 bridgehead atoms. The number of benzene rings is 1. The molecule has 0 aromatic heterocycles. The van der Waals surface area contributed by atoms with Gasteiger partial charge in [-0.3, -0.25) is 0 Å². The highest BCUT2D eigenvalue weighted by Crippen LogP contribution is 2.30. The number of hydrogen-bond donors (Lipinski definition) is 0. The summed E-state index contributed by atoms with van der Waals surface area (Å²) in [7, 11) is 0. The molecule has 17 heavy (non-hydrogen) atoms. The van der Waals surface area contributed by atoms with E-state index in [1.54, 1.807) is 6.92 Å². The van der Waals surface area contributed by atoms with Gasteiger partial charge in [-0.2, -0.15) is 0 Å². The van der Waals surface area contributed by atoms with E-state index in [1.807, 2.05) is 0 Å². The number of hydrogen-bond acceptors (Lipinski definition) is 0. The number of halogens is 3. The third-order valence-corrected chi connectivity index (χ3v) is 4.80. The molecule has 0 spiro atoms. The van der Waals surface area contributed by atoms with Crippen molar-refractivity contribution in [1.82, 2.24) is 0 Å². The first-order chi connectivity index (χ1) is 7.73. The van der Waals surface area contributed by atoms with Gasteiger partial charge in [0.25, 0.3) is 0 Å². The molecule has 0 saturated heterocycles. The average Bonchev–Trinajstić information content (AvgIpc) is 2.22. The Bertz CT molecular complexity index is 394. The van der Waals surface area contributed by atoms with Crippen LogP contribution in [0.4, 0.5) is 8.78 Å². The zero-order chi connectivity index (χ0) is 13.2. The fourth-order valence-corrected chi connectivity index (χ4v) is 1.88. The van der Waals surface area contributed by atoms with Crippen LogP contribution in [0, 0.1) is 24.0 Å². The summed E-state index contributed by atoms with van der Waals surface area (Å²) < 4.78 is 27.3. The zero-order valence-corrected chi connectivity index (χ0v) is 12.4. The molecule has 0 saturated carbocycles. The van der Waals surface area contributed by atoms with E-state index in [0.717, 1.165) is 6.42 Å². The summed E-state index contributed by atoms with van der Waals surface area (Å²) >= 11 is 3.58. The molecular formula is C14H19BrF2. The van der Waals surface area contributed by atoms with Gasteiger partial charge in [-0.05, 0) is 36.8 Å². The average molecular weight is 305 g/mol. The van der Waals surface area contributed by atoms with E-state index in [-0.39, 0.29) is 15.8 Å². The zero-order valence-electron chi connectivity index (χ0n) is 10.8. The van der Waals surface area contributed by atoms with Crippen LogP contribution in [0.5, 0.6) is 0 Å². The Morgan fingerprint density at radius 3 is 2.35 bits per heavy atom. The van der Waals surface area contributed by atoms with Gasteiger partial charge >= 0.3 is 0 Å². The van der Waals surface area contributed by atoms with Crippen molar-refractivity contribution in [3.63, 3.8) is 0 Å². The van der Waals surface area contributed by atoms with Crippen molar-refractivity contribution < 1.29 is 8.78 Å². The Morgan fingerprint density at radius 1 is 1.24 bits per heavy atom. The smallest absolute Gasteiger partial charge is 0.132 e. The van der Waals surface area contributed by atoms with Crippen molar-refractivity contribution in [2.75, 3.05) is 0 Å². The van der Waals surface area contributed by atoms with Crippen molar-refractivity contribution in [1.29, 1.82) is 0 Å². The summed E-state index contributed by atoms with van der Waals surface area (Å²) in [6.45, 7) is 7.98. The first-order valence-electron chi connectivity index (χ1n) is 5.81.